The molecule has 1 aliphatic heterocycles. The number of nitrogens with zero attached hydrogens (tertiary/aromatic N) is 1. The number of halogens is 2. The van der Waals surface area contributed by atoms with Crippen LogP contribution >= 0.6 is 23.2 Å². The quantitative estimate of drug-likeness (QED) is 0.810. The number of carbonyl (C=O) groups is 1. The van der Waals surface area contributed by atoms with E-state index in [9.17, 15) is 13.2 Å². The Morgan fingerprint density at radius 3 is 2.56 bits per heavy atom. The first-order chi connectivity index (χ1) is 12.8. The maximum absolute atomic E-state index is 13.1. The van der Waals surface area contributed by atoms with E-state index < -0.39 is 20.7 Å². The van der Waals surface area contributed by atoms with Crippen molar-refractivity contribution in [3.05, 3.63) is 52.5 Å². The molecule has 0 spiro atoms. The van der Waals surface area contributed by atoms with Crippen molar-refractivity contribution < 1.29 is 17.9 Å². The van der Waals surface area contributed by atoms with Gasteiger partial charge in [-0.3, -0.25) is 9.10 Å². The summed E-state index contributed by atoms with van der Waals surface area (Å²) in [6, 6.07) is 11.3. The Hall–Kier alpha value is -1.96. The molecule has 9 heteroatoms. The van der Waals surface area contributed by atoms with Gasteiger partial charge < -0.3 is 10.1 Å². The summed E-state index contributed by atoms with van der Waals surface area (Å²) in [5.74, 6) is -0.309. The summed E-state index contributed by atoms with van der Waals surface area (Å²) in [5, 5.41) is 3.54. The molecule has 1 amide bonds. The van der Waals surface area contributed by atoms with Crippen molar-refractivity contribution >= 4 is 50.5 Å². The number of amides is 1. The molecule has 2 fully saturated rings. The number of hydrogen-bond acceptors (Lipinski definition) is 4. The third-order valence-electron chi connectivity index (χ3n) is 5.09. The topological polar surface area (TPSA) is 75.7 Å². The first-order valence-electron chi connectivity index (χ1n) is 8.22. The first kappa shape index (κ1) is 18.4. The number of anilines is 2. The van der Waals surface area contributed by atoms with E-state index in [0.717, 1.165) is 0 Å². The molecule has 1 N–H and O–H groups in total. The Morgan fingerprint density at radius 2 is 1.93 bits per heavy atom. The first-order valence-corrected chi connectivity index (χ1v) is 10.4. The Balaban J connectivity index is 1.60. The van der Waals surface area contributed by atoms with Crippen molar-refractivity contribution in [2.75, 3.05) is 23.3 Å². The number of ether oxygens (including phenoxy) is 1. The molecule has 6 nitrogen and oxygen atoms in total. The molecule has 0 unspecified atom stereocenters. The van der Waals surface area contributed by atoms with E-state index in [1.54, 1.807) is 36.4 Å². The normalized spacial score (nSPS) is 25.0. The van der Waals surface area contributed by atoms with Crippen LogP contribution in [0, 0.1) is 5.92 Å². The van der Waals surface area contributed by atoms with E-state index in [4.69, 9.17) is 27.9 Å². The van der Waals surface area contributed by atoms with Crippen molar-refractivity contribution in [2.24, 2.45) is 5.92 Å². The van der Waals surface area contributed by atoms with E-state index in [1.165, 1.54) is 17.5 Å². The van der Waals surface area contributed by atoms with Gasteiger partial charge in [-0.2, -0.15) is 0 Å². The van der Waals surface area contributed by atoms with Crippen molar-refractivity contribution in [1.82, 2.24) is 0 Å². The van der Waals surface area contributed by atoms with Crippen LogP contribution in [-0.2, 0) is 14.8 Å². The molecule has 2 aliphatic rings. The van der Waals surface area contributed by atoms with Gasteiger partial charge in [0.2, 0.25) is 15.9 Å². The van der Waals surface area contributed by atoms with Crippen molar-refractivity contribution in [3.8, 4) is 5.75 Å². The molecule has 4 rings (SSSR count). The molecule has 27 heavy (non-hydrogen) atoms. The van der Waals surface area contributed by atoms with Crippen LogP contribution in [0.25, 0.3) is 0 Å². The van der Waals surface area contributed by atoms with Gasteiger partial charge in [-0.1, -0.05) is 23.2 Å². The summed E-state index contributed by atoms with van der Waals surface area (Å²) in [7, 11) is -2.35. The van der Waals surface area contributed by atoms with Gasteiger partial charge in [0, 0.05) is 23.2 Å². The molecule has 1 saturated heterocycles. The summed E-state index contributed by atoms with van der Waals surface area (Å²) in [4.78, 5) is 12.9. The zero-order chi connectivity index (χ0) is 19.4. The van der Waals surface area contributed by atoms with Gasteiger partial charge in [0.25, 0.3) is 0 Å². The third-order valence-corrected chi connectivity index (χ3v) is 8.19. The maximum atomic E-state index is 13.1. The number of fused-ring (bicyclic) bond motifs is 1. The molecule has 0 bridgehead atoms. The van der Waals surface area contributed by atoms with Gasteiger partial charge in [0.1, 0.15) is 5.75 Å². The van der Waals surface area contributed by atoms with E-state index in [0.29, 0.717) is 33.6 Å². The van der Waals surface area contributed by atoms with Crippen LogP contribution in [0.2, 0.25) is 10.0 Å². The summed E-state index contributed by atoms with van der Waals surface area (Å²) >= 11 is 12.0. The molecule has 0 aromatic heterocycles. The molecule has 0 radical (unpaired) electrons. The minimum absolute atomic E-state index is 0.244. The van der Waals surface area contributed by atoms with Gasteiger partial charge in [0.05, 0.1) is 17.8 Å². The second-order valence-corrected chi connectivity index (χ2v) is 9.57. The van der Waals surface area contributed by atoms with Crippen LogP contribution in [0.4, 0.5) is 11.4 Å². The Bertz CT molecular complexity index is 1030. The maximum Gasteiger partial charge on any atom is 0.250 e. The minimum atomic E-state index is -3.84. The highest BCUT2D eigenvalue weighted by molar-refractivity contribution is 7.95. The van der Waals surface area contributed by atoms with Crippen LogP contribution in [0.1, 0.15) is 6.42 Å². The lowest BCUT2D eigenvalue weighted by Gasteiger charge is -2.23. The highest BCUT2D eigenvalue weighted by atomic mass is 35.5. The molecule has 1 aliphatic carbocycles. The van der Waals surface area contributed by atoms with Gasteiger partial charge in [-0.05, 0) is 48.9 Å². The lowest BCUT2D eigenvalue weighted by atomic mass is 10.2. The molecule has 1 saturated carbocycles. The number of nitrogens with one attached hydrogen (secondary N) is 1. The molecule has 142 valence electrons. The predicted molar refractivity (Wildman–Crippen MR) is 105 cm³/mol. The molecular weight excluding hydrogens is 411 g/mol. The standard InChI is InChI=1S/C18H16Cl2N2O4S/c1-26-16-7-4-13(8-15(16)20)21-17(23)18-9-11(18)10-22(27(18,24)25)14-5-2-12(19)3-6-14/h2-8,11H,9-10H2,1H3,(H,21,23)/t11-,18+/m0/s1. The van der Waals surface area contributed by atoms with Crippen molar-refractivity contribution in [3.63, 3.8) is 0 Å². The lowest BCUT2D eigenvalue weighted by molar-refractivity contribution is -0.116. The van der Waals surface area contributed by atoms with Crippen LogP contribution in [0.3, 0.4) is 0 Å². The monoisotopic (exact) mass is 426 g/mol. The SMILES string of the molecule is COc1ccc(NC(=O)[C@@]23C[C@H]2CN(c2ccc(Cl)cc2)S3(=O)=O)cc1Cl. The molecule has 1 heterocycles. The van der Waals surface area contributed by atoms with Gasteiger partial charge >= 0.3 is 0 Å². The third kappa shape index (κ3) is 2.76. The number of carbonyl (C=O) groups excluding carboxylic acids is 1. The van der Waals surface area contributed by atoms with Crippen LogP contribution in [0.5, 0.6) is 5.75 Å². The largest absolute Gasteiger partial charge is 0.495 e. The zero-order valence-corrected chi connectivity index (χ0v) is 16.6. The average Bonchev–Trinajstić information content (AvgIpc) is 3.32. The summed E-state index contributed by atoms with van der Waals surface area (Å²) < 4.78 is 31.2. The Morgan fingerprint density at radius 1 is 1.22 bits per heavy atom. The second kappa shape index (κ2) is 6.29. The smallest absolute Gasteiger partial charge is 0.250 e. The van der Waals surface area contributed by atoms with Crippen molar-refractivity contribution in [1.29, 1.82) is 0 Å². The van der Waals surface area contributed by atoms with Gasteiger partial charge in [0.15, 0.2) is 4.75 Å². The molecule has 2 aromatic rings. The fraction of sp³-hybridized carbons (Fsp3) is 0.278. The van der Waals surface area contributed by atoms with Crippen molar-refractivity contribution in [2.45, 2.75) is 11.2 Å². The average molecular weight is 427 g/mol. The van der Waals surface area contributed by atoms with Gasteiger partial charge in [-0.15, -0.1) is 0 Å². The van der Waals surface area contributed by atoms with E-state index in [1.807, 2.05) is 0 Å². The number of rotatable bonds is 4. The van der Waals surface area contributed by atoms with Crippen LogP contribution in [-0.4, -0.2) is 32.7 Å². The van der Waals surface area contributed by atoms with E-state index in [2.05, 4.69) is 5.32 Å². The number of benzene rings is 2. The van der Waals surface area contributed by atoms with Crippen LogP contribution < -0.4 is 14.4 Å². The van der Waals surface area contributed by atoms with E-state index >= 15 is 0 Å². The summed E-state index contributed by atoms with van der Waals surface area (Å²) in [6.07, 6.45) is 0.315. The Kier molecular flexibility index (Phi) is 4.29. The molecule has 2 aromatic carbocycles. The Labute approximate surface area is 167 Å². The van der Waals surface area contributed by atoms with Gasteiger partial charge in [-0.25, -0.2) is 8.42 Å². The lowest BCUT2D eigenvalue weighted by Crippen LogP contribution is -2.42. The highest BCUT2D eigenvalue weighted by Gasteiger charge is 2.75. The number of methoxy groups -OCH3 is 1. The second-order valence-electron chi connectivity index (χ2n) is 6.61. The number of hydrogen-bond donors (Lipinski definition) is 1. The fourth-order valence-corrected chi connectivity index (χ4v) is 6.30. The van der Waals surface area contributed by atoms with Crippen LogP contribution in [0.15, 0.2) is 42.5 Å². The molecule has 2 atom stereocenters. The fourth-order valence-electron chi connectivity index (χ4n) is 3.56. The zero-order valence-electron chi connectivity index (χ0n) is 14.3. The highest BCUT2D eigenvalue weighted by Crippen LogP contribution is 2.58. The summed E-state index contributed by atoms with van der Waals surface area (Å²) in [5.41, 5.74) is 0.928. The number of sulfonamides is 1. The molecular formula is C18H16Cl2N2O4S. The van der Waals surface area contributed by atoms with E-state index in [-0.39, 0.29) is 12.5 Å². The minimum Gasteiger partial charge on any atom is -0.495 e. The summed E-state index contributed by atoms with van der Waals surface area (Å²) in [6.45, 7) is 0.279. The predicted octanol–water partition coefficient (Wildman–Crippen LogP) is 3.55.